The number of halogens is 3. The van der Waals surface area contributed by atoms with Gasteiger partial charge >= 0.3 is 5.97 Å². The van der Waals surface area contributed by atoms with E-state index in [2.05, 4.69) is 5.32 Å². The fourth-order valence-electron chi connectivity index (χ4n) is 1.88. The third-order valence-electron chi connectivity index (χ3n) is 2.96. The van der Waals surface area contributed by atoms with Crippen LogP contribution in [0, 0.1) is 24.4 Å². The summed E-state index contributed by atoms with van der Waals surface area (Å²) in [6, 6.07) is 5.80. The summed E-state index contributed by atoms with van der Waals surface area (Å²) >= 11 is 0. The van der Waals surface area contributed by atoms with Gasteiger partial charge in [0.2, 0.25) is 0 Å². The molecule has 0 aliphatic heterocycles. The first-order valence-electron chi connectivity index (χ1n) is 6.09. The number of aryl methyl sites for hydroxylation is 1. The molecule has 110 valence electrons. The number of carboxylic acids is 1. The first kappa shape index (κ1) is 14.9. The van der Waals surface area contributed by atoms with Crippen molar-refractivity contribution in [2.45, 2.75) is 13.5 Å². The lowest BCUT2D eigenvalue weighted by molar-refractivity contribution is 0.0692. The number of aromatic carboxylic acids is 1. The Morgan fingerprint density at radius 2 is 1.81 bits per heavy atom. The first-order valence-corrected chi connectivity index (χ1v) is 6.09. The van der Waals surface area contributed by atoms with Gasteiger partial charge in [-0.3, -0.25) is 0 Å². The van der Waals surface area contributed by atoms with Crippen molar-refractivity contribution in [3.63, 3.8) is 0 Å². The van der Waals surface area contributed by atoms with Gasteiger partial charge in [0, 0.05) is 18.2 Å². The lowest BCUT2D eigenvalue weighted by Crippen LogP contribution is -2.07. The fourth-order valence-corrected chi connectivity index (χ4v) is 1.88. The third kappa shape index (κ3) is 3.34. The van der Waals surface area contributed by atoms with Crippen LogP contribution in [0.25, 0.3) is 0 Å². The zero-order chi connectivity index (χ0) is 15.6. The maximum Gasteiger partial charge on any atom is 0.338 e. The zero-order valence-corrected chi connectivity index (χ0v) is 11.1. The normalized spacial score (nSPS) is 10.5. The minimum atomic E-state index is -1.50. The number of anilines is 1. The van der Waals surface area contributed by atoms with Crippen LogP contribution in [0.15, 0.2) is 30.3 Å². The number of nitrogens with one attached hydrogen (secondary N) is 1. The molecule has 0 amide bonds. The van der Waals surface area contributed by atoms with Crippen LogP contribution in [-0.4, -0.2) is 11.1 Å². The Morgan fingerprint density at radius 3 is 2.48 bits per heavy atom. The largest absolute Gasteiger partial charge is 0.478 e. The Morgan fingerprint density at radius 1 is 1.10 bits per heavy atom. The lowest BCUT2D eigenvalue weighted by atomic mass is 10.1. The Bertz CT molecular complexity index is 702. The van der Waals surface area contributed by atoms with Crippen LogP contribution in [0.2, 0.25) is 0 Å². The molecule has 6 heteroatoms. The molecule has 2 aromatic rings. The summed E-state index contributed by atoms with van der Waals surface area (Å²) in [6.07, 6.45) is 0. The Hall–Kier alpha value is -2.50. The summed E-state index contributed by atoms with van der Waals surface area (Å²) in [4.78, 5) is 10.8. The van der Waals surface area contributed by atoms with Gasteiger partial charge in [-0.1, -0.05) is 17.7 Å². The third-order valence-corrected chi connectivity index (χ3v) is 2.96. The van der Waals surface area contributed by atoms with Gasteiger partial charge in [0.1, 0.15) is 17.5 Å². The standard InChI is InChI=1S/C15H12F3NO2/c1-8-2-3-11(16)9(4-8)7-19-14-5-10(15(20)21)12(17)6-13(14)18/h2-6,19H,7H2,1H3,(H,20,21). The summed E-state index contributed by atoms with van der Waals surface area (Å²) in [6.45, 7) is 1.74. The molecule has 0 saturated heterocycles. The smallest absolute Gasteiger partial charge is 0.338 e. The molecule has 0 heterocycles. The number of hydrogen-bond donors (Lipinski definition) is 2. The van der Waals surface area contributed by atoms with E-state index in [4.69, 9.17) is 5.11 Å². The van der Waals surface area contributed by atoms with Crippen molar-refractivity contribution < 1.29 is 23.1 Å². The molecule has 0 atom stereocenters. The average molecular weight is 295 g/mol. The van der Waals surface area contributed by atoms with E-state index in [1.165, 1.54) is 6.07 Å². The number of carbonyl (C=O) groups is 1. The molecule has 0 spiro atoms. The van der Waals surface area contributed by atoms with Gasteiger partial charge in [0.25, 0.3) is 0 Å². The topological polar surface area (TPSA) is 49.3 Å². The maximum absolute atomic E-state index is 13.6. The van der Waals surface area contributed by atoms with E-state index in [1.807, 2.05) is 0 Å². The highest BCUT2D eigenvalue weighted by molar-refractivity contribution is 5.89. The SMILES string of the molecule is Cc1ccc(F)c(CNc2cc(C(=O)O)c(F)cc2F)c1. The van der Waals surface area contributed by atoms with Crippen LogP contribution in [-0.2, 0) is 6.54 Å². The predicted molar refractivity (Wildman–Crippen MR) is 71.8 cm³/mol. The van der Waals surface area contributed by atoms with Gasteiger partial charge in [-0.2, -0.15) is 0 Å². The van der Waals surface area contributed by atoms with Crippen molar-refractivity contribution in [1.29, 1.82) is 0 Å². The van der Waals surface area contributed by atoms with E-state index in [0.29, 0.717) is 11.6 Å². The molecule has 0 aliphatic rings. The second-order valence-electron chi connectivity index (χ2n) is 4.57. The summed E-state index contributed by atoms with van der Waals surface area (Å²) in [5, 5.41) is 11.4. The second kappa shape index (κ2) is 5.87. The van der Waals surface area contributed by atoms with Crippen molar-refractivity contribution in [1.82, 2.24) is 0 Å². The molecule has 0 radical (unpaired) electrons. The van der Waals surface area contributed by atoms with Crippen LogP contribution < -0.4 is 5.32 Å². The van der Waals surface area contributed by atoms with E-state index in [1.54, 1.807) is 19.1 Å². The predicted octanol–water partition coefficient (Wildman–Crippen LogP) is 3.72. The van der Waals surface area contributed by atoms with Gasteiger partial charge in [-0.15, -0.1) is 0 Å². The summed E-state index contributed by atoms with van der Waals surface area (Å²) in [7, 11) is 0. The van der Waals surface area contributed by atoms with E-state index < -0.39 is 29.0 Å². The highest BCUT2D eigenvalue weighted by Crippen LogP contribution is 2.21. The Labute approximate surface area is 119 Å². The molecule has 0 aromatic heterocycles. The molecule has 0 unspecified atom stereocenters. The highest BCUT2D eigenvalue weighted by Gasteiger charge is 2.15. The van der Waals surface area contributed by atoms with E-state index in [9.17, 15) is 18.0 Å². The summed E-state index contributed by atoms with van der Waals surface area (Å²) < 4.78 is 40.4. The number of benzene rings is 2. The number of carboxylic acid groups (broad SMARTS) is 1. The Kier molecular flexibility index (Phi) is 4.16. The number of rotatable bonds is 4. The Balaban J connectivity index is 2.25. The van der Waals surface area contributed by atoms with Crippen molar-refractivity contribution in [2.24, 2.45) is 0 Å². The molecule has 0 bridgehead atoms. The van der Waals surface area contributed by atoms with Crippen molar-refractivity contribution in [3.05, 3.63) is 64.5 Å². The molecule has 21 heavy (non-hydrogen) atoms. The van der Waals surface area contributed by atoms with Crippen LogP contribution in [0.1, 0.15) is 21.5 Å². The van der Waals surface area contributed by atoms with Gasteiger partial charge in [-0.05, 0) is 19.1 Å². The monoisotopic (exact) mass is 295 g/mol. The van der Waals surface area contributed by atoms with Gasteiger partial charge < -0.3 is 10.4 Å². The molecule has 0 saturated carbocycles. The molecule has 3 nitrogen and oxygen atoms in total. The van der Waals surface area contributed by atoms with Crippen LogP contribution >= 0.6 is 0 Å². The first-order chi connectivity index (χ1) is 9.88. The van der Waals surface area contributed by atoms with Gasteiger partial charge in [0.15, 0.2) is 0 Å². The lowest BCUT2D eigenvalue weighted by Gasteiger charge is -2.10. The average Bonchev–Trinajstić information content (AvgIpc) is 2.41. The van der Waals surface area contributed by atoms with Gasteiger partial charge in [-0.25, -0.2) is 18.0 Å². The molecule has 0 fully saturated rings. The second-order valence-corrected chi connectivity index (χ2v) is 4.57. The van der Waals surface area contributed by atoms with Crippen molar-refractivity contribution >= 4 is 11.7 Å². The van der Waals surface area contributed by atoms with E-state index in [-0.39, 0.29) is 12.2 Å². The van der Waals surface area contributed by atoms with E-state index in [0.717, 1.165) is 11.6 Å². The summed E-state index contributed by atoms with van der Waals surface area (Å²) in [5.41, 5.74) is 0.285. The molecular formula is C15H12F3NO2. The quantitative estimate of drug-likeness (QED) is 0.903. The highest BCUT2D eigenvalue weighted by atomic mass is 19.1. The zero-order valence-electron chi connectivity index (χ0n) is 11.1. The molecule has 2 rings (SSSR count). The van der Waals surface area contributed by atoms with Crippen molar-refractivity contribution in [2.75, 3.05) is 5.32 Å². The molecule has 0 aliphatic carbocycles. The van der Waals surface area contributed by atoms with E-state index >= 15 is 0 Å². The summed E-state index contributed by atoms with van der Waals surface area (Å²) in [5.74, 6) is -4.07. The minimum absolute atomic E-state index is 0.0465. The molecule has 2 aromatic carbocycles. The fraction of sp³-hybridized carbons (Fsp3) is 0.133. The molecular weight excluding hydrogens is 283 g/mol. The van der Waals surface area contributed by atoms with Crippen LogP contribution in [0.5, 0.6) is 0 Å². The van der Waals surface area contributed by atoms with Crippen LogP contribution in [0.4, 0.5) is 18.9 Å². The number of hydrogen-bond acceptors (Lipinski definition) is 2. The van der Waals surface area contributed by atoms with Crippen molar-refractivity contribution in [3.8, 4) is 0 Å². The maximum atomic E-state index is 13.6. The van der Waals surface area contributed by atoms with Crippen LogP contribution in [0.3, 0.4) is 0 Å². The molecule has 2 N–H and O–H groups in total. The van der Waals surface area contributed by atoms with Gasteiger partial charge in [0.05, 0.1) is 11.3 Å². The minimum Gasteiger partial charge on any atom is -0.478 e.